The van der Waals surface area contributed by atoms with Gasteiger partial charge in [0.15, 0.2) is 0 Å². The summed E-state index contributed by atoms with van der Waals surface area (Å²) in [5.74, 6) is 0.593. The Morgan fingerprint density at radius 3 is 2.54 bits per heavy atom. The third kappa shape index (κ3) is 6.09. The molecule has 2 aromatic carbocycles. The maximum atomic E-state index is 12.1. The summed E-state index contributed by atoms with van der Waals surface area (Å²) in [4.78, 5) is 25.1. The van der Waals surface area contributed by atoms with Crippen LogP contribution < -0.4 is 10.1 Å². The first-order valence-corrected chi connectivity index (χ1v) is 8.50. The number of hydrogen-bond donors (Lipinski definition) is 1. The van der Waals surface area contributed by atoms with Crippen LogP contribution in [0.2, 0.25) is 0 Å². The standard InChI is InChI=1S/C21H24N2O3/c1-4-26-20-11-8-17(9-12-20)10-13-21(25)22-19-7-5-6-18(14-19)15-23(3)16(2)24/h5-14H,4,15H2,1-3H3,(H,22,25)/b13-10+. The fraction of sp³-hybridized carbons (Fsp3) is 0.238. The molecule has 0 radical (unpaired) electrons. The maximum Gasteiger partial charge on any atom is 0.248 e. The van der Waals surface area contributed by atoms with Gasteiger partial charge in [-0.25, -0.2) is 0 Å². The third-order valence-corrected chi connectivity index (χ3v) is 3.77. The zero-order valence-corrected chi connectivity index (χ0v) is 15.4. The molecule has 0 atom stereocenters. The number of carbonyl (C=O) groups is 2. The lowest BCUT2D eigenvalue weighted by Gasteiger charge is -2.15. The summed E-state index contributed by atoms with van der Waals surface area (Å²) in [7, 11) is 1.74. The molecule has 0 saturated carbocycles. The molecule has 0 unspecified atom stereocenters. The number of anilines is 1. The predicted octanol–water partition coefficient (Wildman–Crippen LogP) is 3.72. The first-order chi connectivity index (χ1) is 12.5. The van der Waals surface area contributed by atoms with Crippen LogP contribution >= 0.6 is 0 Å². The van der Waals surface area contributed by atoms with Crippen molar-refractivity contribution in [3.63, 3.8) is 0 Å². The zero-order chi connectivity index (χ0) is 18.9. The fourth-order valence-corrected chi connectivity index (χ4v) is 2.33. The lowest BCUT2D eigenvalue weighted by molar-refractivity contribution is -0.128. The number of ether oxygens (including phenoxy) is 1. The molecule has 0 aliphatic rings. The molecular formula is C21H24N2O3. The van der Waals surface area contributed by atoms with Crippen LogP contribution in [0.1, 0.15) is 25.0 Å². The van der Waals surface area contributed by atoms with Crippen molar-refractivity contribution in [2.75, 3.05) is 19.0 Å². The molecule has 5 heteroatoms. The van der Waals surface area contributed by atoms with E-state index in [2.05, 4.69) is 5.32 Å². The normalized spacial score (nSPS) is 10.6. The van der Waals surface area contributed by atoms with Crippen LogP contribution in [-0.2, 0) is 16.1 Å². The van der Waals surface area contributed by atoms with Gasteiger partial charge in [-0.05, 0) is 48.4 Å². The molecule has 2 aromatic rings. The summed E-state index contributed by atoms with van der Waals surface area (Å²) >= 11 is 0. The highest BCUT2D eigenvalue weighted by molar-refractivity contribution is 6.01. The van der Waals surface area contributed by atoms with Gasteiger partial charge in [-0.3, -0.25) is 9.59 Å². The van der Waals surface area contributed by atoms with E-state index in [1.54, 1.807) is 18.0 Å². The molecule has 0 saturated heterocycles. The number of nitrogens with one attached hydrogen (secondary N) is 1. The van der Waals surface area contributed by atoms with E-state index in [0.717, 1.165) is 16.9 Å². The van der Waals surface area contributed by atoms with Crippen molar-refractivity contribution in [1.29, 1.82) is 0 Å². The SMILES string of the molecule is CCOc1ccc(/C=C/C(=O)Nc2cccc(CN(C)C(C)=O)c2)cc1. The Kier molecular flexibility index (Phi) is 6.97. The van der Waals surface area contributed by atoms with Crippen LogP contribution in [0.15, 0.2) is 54.6 Å². The molecule has 0 aliphatic heterocycles. The first kappa shape index (κ1) is 19.2. The van der Waals surface area contributed by atoms with Crippen molar-refractivity contribution in [2.24, 2.45) is 0 Å². The summed E-state index contributed by atoms with van der Waals surface area (Å²) in [6, 6.07) is 15.0. The van der Waals surface area contributed by atoms with Crippen molar-refractivity contribution < 1.29 is 14.3 Å². The van der Waals surface area contributed by atoms with Gasteiger partial charge in [-0.2, -0.15) is 0 Å². The Balaban J connectivity index is 1.95. The Labute approximate surface area is 154 Å². The van der Waals surface area contributed by atoms with Gasteiger partial charge < -0.3 is 15.0 Å². The smallest absolute Gasteiger partial charge is 0.248 e. The maximum absolute atomic E-state index is 12.1. The van der Waals surface area contributed by atoms with E-state index in [-0.39, 0.29) is 11.8 Å². The van der Waals surface area contributed by atoms with Crippen LogP contribution in [0.3, 0.4) is 0 Å². The summed E-state index contributed by atoms with van der Waals surface area (Å²) in [6.07, 6.45) is 3.24. The third-order valence-electron chi connectivity index (χ3n) is 3.77. The van der Waals surface area contributed by atoms with Crippen molar-refractivity contribution >= 4 is 23.6 Å². The minimum atomic E-state index is -0.212. The van der Waals surface area contributed by atoms with Gasteiger partial charge in [0.05, 0.1) is 6.61 Å². The minimum absolute atomic E-state index is 0.00210. The lowest BCUT2D eigenvalue weighted by atomic mass is 10.2. The van der Waals surface area contributed by atoms with E-state index in [1.165, 1.54) is 13.0 Å². The Hall–Kier alpha value is -3.08. The highest BCUT2D eigenvalue weighted by Crippen LogP contribution is 2.14. The van der Waals surface area contributed by atoms with Gasteiger partial charge in [0.25, 0.3) is 0 Å². The Morgan fingerprint density at radius 1 is 1.15 bits per heavy atom. The molecule has 0 bridgehead atoms. The highest BCUT2D eigenvalue weighted by Gasteiger charge is 2.05. The summed E-state index contributed by atoms with van der Waals surface area (Å²) in [5, 5.41) is 2.83. The molecule has 2 amide bonds. The molecule has 5 nitrogen and oxygen atoms in total. The fourth-order valence-electron chi connectivity index (χ4n) is 2.33. The molecule has 0 aromatic heterocycles. The topological polar surface area (TPSA) is 58.6 Å². The number of nitrogens with zero attached hydrogens (tertiary/aromatic N) is 1. The summed E-state index contributed by atoms with van der Waals surface area (Å²) < 4.78 is 5.39. The van der Waals surface area contributed by atoms with Gasteiger partial charge in [-0.1, -0.05) is 24.3 Å². The van der Waals surface area contributed by atoms with Gasteiger partial charge in [0.1, 0.15) is 5.75 Å². The second-order valence-corrected chi connectivity index (χ2v) is 5.90. The number of carbonyl (C=O) groups excluding carboxylic acids is 2. The largest absolute Gasteiger partial charge is 0.494 e. The monoisotopic (exact) mass is 352 g/mol. The molecule has 0 spiro atoms. The van der Waals surface area contributed by atoms with Crippen molar-refractivity contribution in [3.8, 4) is 5.75 Å². The second kappa shape index (κ2) is 9.42. The van der Waals surface area contributed by atoms with Gasteiger partial charge in [-0.15, -0.1) is 0 Å². The van der Waals surface area contributed by atoms with Crippen molar-refractivity contribution in [1.82, 2.24) is 4.90 Å². The molecule has 26 heavy (non-hydrogen) atoms. The van der Waals surface area contributed by atoms with Crippen molar-refractivity contribution in [3.05, 3.63) is 65.7 Å². The molecule has 2 rings (SSSR count). The van der Waals surface area contributed by atoms with E-state index in [4.69, 9.17) is 4.74 Å². The van der Waals surface area contributed by atoms with Crippen LogP contribution in [-0.4, -0.2) is 30.4 Å². The molecule has 0 heterocycles. The Morgan fingerprint density at radius 2 is 1.88 bits per heavy atom. The molecule has 1 N–H and O–H groups in total. The van der Waals surface area contributed by atoms with Crippen LogP contribution in [0.25, 0.3) is 6.08 Å². The van der Waals surface area contributed by atoms with E-state index in [1.807, 2.05) is 55.5 Å². The quantitative estimate of drug-likeness (QED) is 0.773. The molecule has 0 fully saturated rings. The first-order valence-electron chi connectivity index (χ1n) is 8.50. The molecule has 0 aliphatic carbocycles. The number of hydrogen-bond acceptors (Lipinski definition) is 3. The van der Waals surface area contributed by atoms with Crippen LogP contribution in [0.5, 0.6) is 5.75 Å². The van der Waals surface area contributed by atoms with E-state index < -0.39 is 0 Å². The lowest BCUT2D eigenvalue weighted by Crippen LogP contribution is -2.23. The highest BCUT2D eigenvalue weighted by atomic mass is 16.5. The van der Waals surface area contributed by atoms with Gasteiger partial charge >= 0.3 is 0 Å². The minimum Gasteiger partial charge on any atom is -0.494 e. The average molecular weight is 352 g/mol. The molecular weight excluding hydrogens is 328 g/mol. The number of benzene rings is 2. The van der Waals surface area contributed by atoms with Crippen molar-refractivity contribution in [2.45, 2.75) is 20.4 Å². The average Bonchev–Trinajstić information content (AvgIpc) is 2.61. The van der Waals surface area contributed by atoms with E-state index in [9.17, 15) is 9.59 Å². The number of amides is 2. The van der Waals surface area contributed by atoms with Crippen LogP contribution in [0.4, 0.5) is 5.69 Å². The summed E-state index contributed by atoms with van der Waals surface area (Å²) in [6.45, 7) is 4.59. The van der Waals surface area contributed by atoms with Gasteiger partial charge in [0, 0.05) is 32.3 Å². The Bertz CT molecular complexity index is 782. The second-order valence-electron chi connectivity index (χ2n) is 5.90. The molecule has 136 valence electrons. The van der Waals surface area contributed by atoms with Crippen LogP contribution in [0, 0.1) is 0 Å². The predicted molar refractivity (Wildman–Crippen MR) is 104 cm³/mol. The van der Waals surface area contributed by atoms with Gasteiger partial charge in [0.2, 0.25) is 11.8 Å². The van der Waals surface area contributed by atoms with E-state index in [0.29, 0.717) is 18.8 Å². The van der Waals surface area contributed by atoms with E-state index >= 15 is 0 Å². The number of rotatable bonds is 7. The zero-order valence-electron chi connectivity index (χ0n) is 15.4. The summed E-state index contributed by atoms with van der Waals surface area (Å²) in [5.41, 5.74) is 2.57.